The van der Waals surface area contributed by atoms with Gasteiger partial charge in [0.15, 0.2) is 0 Å². The molecule has 3 rings (SSSR count). The maximum absolute atomic E-state index is 13.6. The molecule has 1 fully saturated rings. The summed E-state index contributed by atoms with van der Waals surface area (Å²) in [6, 6.07) is 11.3. The first kappa shape index (κ1) is 15.3. The maximum atomic E-state index is 13.6. The molecule has 1 aliphatic carbocycles. The van der Waals surface area contributed by atoms with Crippen LogP contribution >= 0.6 is 23.2 Å². The standard InChI is InChI=1S/C17H14Cl2FNO/c18-10-5-6-11(14(19)9-10)12-7-8-16(12)21-17(22)13-3-1-2-4-15(13)20/h1-6,9,12,16H,7-8H2,(H,21,22)/t12-,16-/m0/s1. The van der Waals surface area contributed by atoms with Crippen molar-refractivity contribution in [1.29, 1.82) is 0 Å². The van der Waals surface area contributed by atoms with E-state index in [1.807, 2.05) is 6.07 Å². The summed E-state index contributed by atoms with van der Waals surface area (Å²) in [6.07, 6.45) is 1.79. The van der Waals surface area contributed by atoms with Gasteiger partial charge in [0.1, 0.15) is 5.82 Å². The number of hydrogen-bond donors (Lipinski definition) is 1. The van der Waals surface area contributed by atoms with E-state index in [1.165, 1.54) is 12.1 Å². The highest BCUT2D eigenvalue weighted by molar-refractivity contribution is 6.35. The van der Waals surface area contributed by atoms with Gasteiger partial charge >= 0.3 is 0 Å². The highest BCUT2D eigenvalue weighted by Gasteiger charge is 2.35. The Morgan fingerprint density at radius 3 is 2.55 bits per heavy atom. The van der Waals surface area contributed by atoms with Gasteiger partial charge in [-0.2, -0.15) is 0 Å². The average molecular weight is 338 g/mol. The summed E-state index contributed by atoms with van der Waals surface area (Å²) in [6.45, 7) is 0. The second-order valence-electron chi connectivity index (χ2n) is 5.41. The molecular weight excluding hydrogens is 324 g/mol. The summed E-state index contributed by atoms with van der Waals surface area (Å²) in [5, 5.41) is 4.08. The minimum atomic E-state index is -0.514. The van der Waals surface area contributed by atoms with Crippen LogP contribution in [0.3, 0.4) is 0 Å². The van der Waals surface area contributed by atoms with E-state index in [-0.39, 0.29) is 17.5 Å². The molecule has 22 heavy (non-hydrogen) atoms. The van der Waals surface area contributed by atoms with Crippen LogP contribution in [-0.4, -0.2) is 11.9 Å². The smallest absolute Gasteiger partial charge is 0.254 e. The van der Waals surface area contributed by atoms with Crippen molar-refractivity contribution in [1.82, 2.24) is 5.32 Å². The van der Waals surface area contributed by atoms with Crippen LogP contribution in [0.1, 0.15) is 34.7 Å². The van der Waals surface area contributed by atoms with Gasteiger partial charge in [0.2, 0.25) is 0 Å². The van der Waals surface area contributed by atoms with Crippen LogP contribution in [0, 0.1) is 5.82 Å². The Morgan fingerprint density at radius 2 is 1.91 bits per heavy atom. The summed E-state index contributed by atoms with van der Waals surface area (Å²) in [7, 11) is 0. The Bertz CT molecular complexity index is 720. The van der Waals surface area contributed by atoms with E-state index >= 15 is 0 Å². The first-order valence-electron chi connectivity index (χ1n) is 7.06. The van der Waals surface area contributed by atoms with E-state index in [2.05, 4.69) is 5.32 Å². The minimum absolute atomic E-state index is 0.0363. The van der Waals surface area contributed by atoms with Crippen LogP contribution < -0.4 is 5.32 Å². The number of nitrogens with one attached hydrogen (secondary N) is 1. The Labute approximate surface area is 138 Å². The van der Waals surface area contributed by atoms with E-state index in [0.29, 0.717) is 10.0 Å². The van der Waals surface area contributed by atoms with Crippen molar-refractivity contribution in [3.05, 3.63) is 69.5 Å². The van der Waals surface area contributed by atoms with Gasteiger partial charge in [-0.25, -0.2) is 4.39 Å². The van der Waals surface area contributed by atoms with Gasteiger partial charge in [-0.3, -0.25) is 4.79 Å². The molecule has 0 radical (unpaired) electrons. The van der Waals surface area contributed by atoms with Crippen LogP contribution in [0.15, 0.2) is 42.5 Å². The lowest BCUT2D eigenvalue weighted by molar-refractivity contribution is 0.0900. The van der Waals surface area contributed by atoms with Gasteiger partial charge in [-0.05, 0) is 42.7 Å². The number of benzene rings is 2. The molecule has 0 spiro atoms. The van der Waals surface area contributed by atoms with E-state index in [0.717, 1.165) is 18.4 Å². The van der Waals surface area contributed by atoms with Crippen LogP contribution in [-0.2, 0) is 0 Å². The second kappa shape index (κ2) is 6.27. The zero-order chi connectivity index (χ0) is 15.7. The number of carbonyl (C=O) groups is 1. The molecule has 1 amide bonds. The third-order valence-electron chi connectivity index (χ3n) is 4.07. The molecule has 0 saturated heterocycles. The van der Waals surface area contributed by atoms with E-state index in [4.69, 9.17) is 23.2 Å². The lowest BCUT2D eigenvalue weighted by Gasteiger charge is -2.38. The molecule has 2 atom stereocenters. The fourth-order valence-electron chi connectivity index (χ4n) is 2.74. The van der Waals surface area contributed by atoms with E-state index < -0.39 is 11.7 Å². The molecule has 1 aliphatic rings. The van der Waals surface area contributed by atoms with Gasteiger partial charge < -0.3 is 5.32 Å². The zero-order valence-electron chi connectivity index (χ0n) is 11.7. The lowest BCUT2D eigenvalue weighted by atomic mass is 9.75. The lowest BCUT2D eigenvalue weighted by Crippen LogP contribution is -2.45. The van der Waals surface area contributed by atoms with Gasteiger partial charge in [-0.1, -0.05) is 41.4 Å². The Balaban J connectivity index is 1.74. The predicted octanol–water partition coefficient (Wildman–Crippen LogP) is 4.81. The average Bonchev–Trinajstić information content (AvgIpc) is 2.46. The van der Waals surface area contributed by atoms with Crippen molar-refractivity contribution in [2.24, 2.45) is 0 Å². The van der Waals surface area contributed by atoms with Gasteiger partial charge in [0, 0.05) is 22.0 Å². The summed E-state index contributed by atoms with van der Waals surface area (Å²) in [4.78, 5) is 12.2. The van der Waals surface area contributed by atoms with Crippen molar-refractivity contribution in [3.63, 3.8) is 0 Å². The number of rotatable bonds is 3. The molecule has 5 heteroatoms. The molecule has 2 aromatic carbocycles. The summed E-state index contributed by atoms with van der Waals surface area (Å²) < 4.78 is 13.6. The highest BCUT2D eigenvalue weighted by atomic mass is 35.5. The van der Waals surface area contributed by atoms with Crippen LogP contribution in [0.4, 0.5) is 4.39 Å². The Kier molecular flexibility index (Phi) is 4.37. The maximum Gasteiger partial charge on any atom is 0.254 e. The molecular formula is C17H14Cl2FNO. The van der Waals surface area contributed by atoms with Gasteiger partial charge in [0.25, 0.3) is 5.91 Å². The third kappa shape index (κ3) is 2.96. The second-order valence-corrected chi connectivity index (χ2v) is 6.25. The topological polar surface area (TPSA) is 29.1 Å². The fraction of sp³-hybridized carbons (Fsp3) is 0.235. The van der Waals surface area contributed by atoms with Crippen molar-refractivity contribution in [2.45, 2.75) is 24.8 Å². The molecule has 114 valence electrons. The van der Waals surface area contributed by atoms with Crippen molar-refractivity contribution in [2.75, 3.05) is 0 Å². The quantitative estimate of drug-likeness (QED) is 0.855. The fourth-order valence-corrected chi connectivity index (χ4v) is 3.29. The highest BCUT2D eigenvalue weighted by Crippen LogP contribution is 2.41. The molecule has 1 N–H and O–H groups in total. The van der Waals surface area contributed by atoms with Gasteiger partial charge in [-0.15, -0.1) is 0 Å². The Morgan fingerprint density at radius 1 is 1.14 bits per heavy atom. The number of amides is 1. The number of carbonyl (C=O) groups excluding carboxylic acids is 1. The molecule has 0 aliphatic heterocycles. The first-order valence-corrected chi connectivity index (χ1v) is 7.82. The molecule has 1 saturated carbocycles. The monoisotopic (exact) mass is 337 g/mol. The van der Waals surface area contributed by atoms with Crippen LogP contribution in [0.25, 0.3) is 0 Å². The molecule has 2 nitrogen and oxygen atoms in total. The first-order chi connectivity index (χ1) is 10.6. The zero-order valence-corrected chi connectivity index (χ0v) is 13.2. The largest absolute Gasteiger partial charge is 0.349 e. The SMILES string of the molecule is O=C(N[C@H]1CC[C@H]1c1ccc(Cl)cc1Cl)c1ccccc1F. The molecule has 2 aromatic rings. The molecule has 0 unspecified atom stereocenters. The van der Waals surface area contributed by atoms with Crippen molar-refractivity contribution in [3.8, 4) is 0 Å². The summed E-state index contributed by atoms with van der Waals surface area (Å²) in [5.74, 6) is -0.765. The summed E-state index contributed by atoms with van der Waals surface area (Å²) in [5.41, 5.74) is 1.03. The van der Waals surface area contributed by atoms with Crippen molar-refractivity contribution < 1.29 is 9.18 Å². The normalized spacial score (nSPS) is 20.3. The predicted molar refractivity (Wildman–Crippen MR) is 86.1 cm³/mol. The molecule has 0 aromatic heterocycles. The molecule has 0 bridgehead atoms. The van der Waals surface area contributed by atoms with Crippen molar-refractivity contribution >= 4 is 29.1 Å². The van der Waals surface area contributed by atoms with Crippen LogP contribution in [0.5, 0.6) is 0 Å². The number of halogens is 3. The van der Waals surface area contributed by atoms with Crippen LogP contribution in [0.2, 0.25) is 10.0 Å². The third-order valence-corrected chi connectivity index (χ3v) is 4.63. The van der Waals surface area contributed by atoms with E-state index in [1.54, 1.807) is 24.3 Å². The number of hydrogen-bond acceptors (Lipinski definition) is 1. The summed E-state index contributed by atoms with van der Waals surface area (Å²) >= 11 is 12.1. The molecule has 0 heterocycles. The minimum Gasteiger partial charge on any atom is -0.349 e. The van der Waals surface area contributed by atoms with E-state index in [9.17, 15) is 9.18 Å². The Hall–Kier alpha value is -1.58. The van der Waals surface area contributed by atoms with Gasteiger partial charge in [0.05, 0.1) is 5.56 Å².